The summed E-state index contributed by atoms with van der Waals surface area (Å²) in [5.74, 6) is 0. The third kappa shape index (κ3) is 4.43. The summed E-state index contributed by atoms with van der Waals surface area (Å²) in [6, 6.07) is 11.4. The van der Waals surface area contributed by atoms with Gasteiger partial charge in [0.05, 0.1) is 26.2 Å². The molecule has 0 amide bonds. The van der Waals surface area contributed by atoms with Gasteiger partial charge in [-0.1, -0.05) is 49.6 Å². The second kappa shape index (κ2) is 7.93. The minimum absolute atomic E-state index is 0.621. The first-order valence-electron chi connectivity index (χ1n) is 8.74. The summed E-state index contributed by atoms with van der Waals surface area (Å²) >= 11 is 5.63. The zero-order valence-electron chi connectivity index (χ0n) is 13.4. The maximum atomic E-state index is 5.63. The van der Waals surface area contributed by atoms with Gasteiger partial charge in [-0.25, -0.2) is 0 Å². The van der Waals surface area contributed by atoms with Crippen molar-refractivity contribution in [3.8, 4) is 0 Å². The molecule has 2 aliphatic rings. The highest BCUT2D eigenvalue weighted by molar-refractivity contribution is 7.80. The lowest BCUT2D eigenvalue weighted by Crippen LogP contribution is -3.13. The molecule has 0 spiro atoms. The lowest BCUT2D eigenvalue weighted by molar-refractivity contribution is -0.917. The monoisotopic (exact) mass is 318 g/mol. The van der Waals surface area contributed by atoms with Crippen LogP contribution in [0.3, 0.4) is 0 Å². The maximum absolute atomic E-state index is 5.63. The Morgan fingerprint density at radius 2 is 1.77 bits per heavy atom. The Balaban J connectivity index is 1.42. The van der Waals surface area contributed by atoms with Crippen molar-refractivity contribution in [3.05, 3.63) is 35.9 Å². The summed E-state index contributed by atoms with van der Waals surface area (Å²) in [6.07, 6.45) is 6.69. The average molecular weight is 319 g/mol. The number of hydrogen-bond acceptors (Lipinski definition) is 1. The van der Waals surface area contributed by atoms with Crippen molar-refractivity contribution in [1.29, 1.82) is 0 Å². The van der Waals surface area contributed by atoms with E-state index in [0.29, 0.717) is 6.04 Å². The molecule has 1 aromatic rings. The largest absolute Gasteiger partial charge is 0.360 e. The van der Waals surface area contributed by atoms with Crippen LogP contribution in [0, 0.1) is 0 Å². The molecule has 22 heavy (non-hydrogen) atoms. The molecule has 4 heteroatoms. The molecule has 1 aromatic carbocycles. The molecule has 0 atom stereocenters. The number of benzene rings is 1. The summed E-state index contributed by atoms with van der Waals surface area (Å²) in [7, 11) is 0. The van der Waals surface area contributed by atoms with E-state index in [4.69, 9.17) is 12.2 Å². The van der Waals surface area contributed by atoms with Crippen LogP contribution in [0.4, 0.5) is 0 Å². The highest BCUT2D eigenvalue weighted by Crippen LogP contribution is 2.17. The number of piperazine rings is 1. The third-order valence-electron chi connectivity index (χ3n) is 4.99. The fourth-order valence-electron chi connectivity index (χ4n) is 3.60. The highest BCUT2D eigenvalue weighted by Gasteiger charge is 2.23. The van der Waals surface area contributed by atoms with Gasteiger partial charge in [0, 0.05) is 11.6 Å². The van der Waals surface area contributed by atoms with E-state index in [9.17, 15) is 0 Å². The van der Waals surface area contributed by atoms with Crippen LogP contribution >= 0.6 is 12.2 Å². The molecule has 1 saturated heterocycles. The van der Waals surface area contributed by atoms with E-state index in [0.717, 1.165) is 24.7 Å². The molecule has 3 rings (SSSR count). The molecule has 0 aromatic heterocycles. The minimum atomic E-state index is 0.621. The second-order valence-corrected chi connectivity index (χ2v) is 7.07. The smallest absolute Gasteiger partial charge is 0.169 e. The minimum Gasteiger partial charge on any atom is -0.360 e. The topological polar surface area (TPSA) is 19.7 Å². The standard InChI is InChI=1S/C18H27N3S/c22-18(19-17-9-5-2-6-10-17)21-13-11-20(12-14-21)15-16-7-3-1-4-8-16/h1,3-4,7-8,17H,2,5-6,9-15H2,(H,19,22)/p+1. The number of nitrogens with zero attached hydrogens (tertiary/aromatic N) is 1. The lowest BCUT2D eigenvalue weighted by atomic mass is 9.96. The first-order chi connectivity index (χ1) is 10.8. The normalized spacial score (nSPS) is 20.8. The van der Waals surface area contributed by atoms with E-state index >= 15 is 0 Å². The van der Waals surface area contributed by atoms with Crippen molar-refractivity contribution >= 4 is 17.3 Å². The van der Waals surface area contributed by atoms with Crippen LogP contribution in [0.2, 0.25) is 0 Å². The van der Waals surface area contributed by atoms with E-state index in [1.807, 2.05) is 0 Å². The average Bonchev–Trinajstić information content (AvgIpc) is 2.57. The predicted molar refractivity (Wildman–Crippen MR) is 95.0 cm³/mol. The Hall–Kier alpha value is -1.13. The Bertz CT molecular complexity index is 462. The van der Waals surface area contributed by atoms with Crippen molar-refractivity contribution in [2.45, 2.75) is 44.7 Å². The summed E-state index contributed by atoms with van der Waals surface area (Å²) in [5, 5.41) is 4.59. The summed E-state index contributed by atoms with van der Waals surface area (Å²) in [6.45, 7) is 5.67. The summed E-state index contributed by atoms with van der Waals surface area (Å²) in [5.41, 5.74) is 1.44. The van der Waals surface area contributed by atoms with Crippen LogP contribution in [0.5, 0.6) is 0 Å². The van der Waals surface area contributed by atoms with Gasteiger partial charge >= 0.3 is 0 Å². The maximum Gasteiger partial charge on any atom is 0.169 e. The van der Waals surface area contributed by atoms with Gasteiger partial charge in [0.15, 0.2) is 5.11 Å². The zero-order chi connectivity index (χ0) is 15.2. The Morgan fingerprint density at radius 3 is 2.45 bits per heavy atom. The van der Waals surface area contributed by atoms with Gasteiger partial charge in [0.1, 0.15) is 6.54 Å². The third-order valence-corrected chi connectivity index (χ3v) is 5.36. The lowest BCUT2D eigenvalue weighted by Gasteiger charge is -2.35. The van der Waals surface area contributed by atoms with Crippen LogP contribution in [0.25, 0.3) is 0 Å². The molecule has 0 unspecified atom stereocenters. The predicted octanol–water partition coefficient (Wildman–Crippen LogP) is 1.59. The Kier molecular flexibility index (Phi) is 5.68. The van der Waals surface area contributed by atoms with Gasteiger partial charge < -0.3 is 15.1 Å². The van der Waals surface area contributed by atoms with Gasteiger partial charge in [-0.05, 0) is 25.1 Å². The van der Waals surface area contributed by atoms with Crippen molar-refractivity contribution in [2.24, 2.45) is 0 Å². The molecule has 1 heterocycles. The second-order valence-electron chi connectivity index (χ2n) is 6.68. The number of thiocarbonyl (C=S) groups is 1. The quantitative estimate of drug-likeness (QED) is 0.826. The number of rotatable bonds is 3. The van der Waals surface area contributed by atoms with Crippen molar-refractivity contribution < 1.29 is 4.90 Å². The first-order valence-corrected chi connectivity index (χ1v) is 9.15. The van der Waals surface area contributed by atoms with Crippen LogP contribution in [-0.4, -0.2) is 42.2 Å². The SMILES string of the molecule is S=C(NC1CCCCC1)N1CC[NH+](Cc2ccccc2)CC1. The molecule has 1 aliphatic heterocycles. The van der Waals surface area contributed by atoms with Gasteiger partial charge in [0.2, 0.25) is 0 Å². The van der Waals surface area contributed by atoms with Gasteiger partial charge in [-0.3, -0.25) is 0 Å². The summed E-state index contributed by atoms with van der Waals surface area (Å²) < 4.78 is 0. The Labute approximate surface area is 139 Å². The van der Waals surface area contributed by atoms with E-state index in [-0.39, 0.29) is 0 Å². The highest BCUT2D eigenvalue weighted by atomic mass is 32.1. The number of quaternary nitrogens is 1. The first kappa shape index (κ1) is 15.8. The van der Waals surface area contributed by atoms with Crippen molar-refractivity contribution in [2.75, 3.05) is 26.2 Å². The summed E-state index contributed by atoms with van der Waals surface area (Å²) in [4.78, 5) is 4.04. The van der Waals surface area contributed by atoms with Crippen LogP contribution in [0.1, 0.15) is 37.7 Å². The Morgan fingerprint density at radius 1 is 1.09 bits per heavy atom. The molecular weight excluding hydrogens is 290 g/mol. The number of hydrogen-bond donors (Lipinski definition) is 2. The van der Waals surface area contributed by atoms with E-state index in [1.165, 1.54) is 50.8 Å². The van der Waals surface area contributed by atoms with Gasteiger partial charge in [0.25, 0.3) is 0 Å². The molecule has 1 saturated carbocycles. The van der Waals surface area contributed by atoms with Crippen molar-refractivity contribution in [1.82, 2.24) is 10.2 Å². The molecule has 2 fully saturated rings. The van der Waals surface area contributed by atoms with Crippen LogP contribution in [-0.2, 0) is 6.54 Å². The zero-order valence-corrected chi connectivity index (χ0v) is 14.2. The van der Waals surface area contributed by atoms with E-state index < -0.39 is 0 Å². The fourth-order valence-corrected chi connectivity index (χ4v) is 3.95. The molecule has 3 nitrogen and oxygen atoms in total. The molecule has 2 N–H and O–H groups in total. The van der Waals surface area contributed by atoms with Crippen LogP contribution < -0.4 is 10.2 Å². The van der Waals surface area contributed by atoms with Crippen LogP contribution in [0.15, 0.2) is 30.3 Å². The molecule has 120 valence electrons. The molecule has 0 bridgehead atoms. The van der Waals surface area contributed by atoms with Gasteiger partial charge in [-0.2, -0.15) is 0 Å². The van der Waals surface area contributed by atoms with Crippen molar-refractivity contribution in [3.63, 3.8) is 0 Å². The molecule has 1 aliphatic carbocycles. The van der Waals surface area contributed by atoms with Gasteiger partial charge in [-0.15, -0.1) is 0 Å². The molecule has 0 radical (unpaired) electrons. The van der Waals surface area contributed by atoms with E-state index in [1.54, 1.807) is 4.90 Å². The fraction of sp³-hybridized carbons (Fsp3) is 0.611. The molecular formula is C18H28N3S+. The number of nitrogens with one attached hydrogen (secondary N) is 2. The van der Waals surface area contributed by atoms with E-state index in [2.05, 4.69) is 40.5 Å².